The molecule has 4 heteroatoms. The Morgan fingerprint density at radius 3 is 2.75 bits per heavy atom. The topological polar surface area (TPSA) is 43.4 Å². The molecule has 0 bridgehead atoms. The summed E-state index contributed by atoms with van der Waals surface area (Å²) >= 11 is 0. The minimum Gasteiger partial charge on any atom is -0.496 e. The molecule has 0 saturated carbocycles. The molecule has 0 aliphatic heterocycles. The van der Waals surface area contributed by atoms with Gasteiger partial charge in [-0.3, -0.25) is 0 Å². The molecule has 0 aliphatic rings. The first-order valence-electron chi connectivity index (χ1n) is 6.76. The zero-order valence-electron chi connectivity index (χ0n) is 11.7. The lowest BCUT2D eigenvalue weighted by atomic mass is 10.2. The van der Waals surface area contributed by atoms with Crippen LogP contribution in [-0.4, -0.2) is 25.2 Å². The van der Waals surface area contributed by atoms with E-state index in [1.807, 2.05) is 36.4 Å². The molecule has 20 heavy (non-hydrogen) atoms. The standard InChI is InChI=1S/C16H20N2O2/c1-19-15-8-3-2-7-14(15)13-17-10-6-12-20-16-9-4-5-11-18-16/h2-5,7-9,11,17H,6,10,12-13H2,1H3. The van der Waals surface area contributed by atoms with Gasteiger partial charge in [0.25, 0.3) is 0 Å². The molecule has 0 atom stereocenters. The SMILES string of the molecule is COc1ccccc1CNCCCOc1ccccn1. The van der Waals surface area contributed by atoms with Gasteiger partial charge in [-0.15, -0.1) is 0 Å². The van der Waals surface area contributed by atoms with Crippen LogP contribution in [0.4, 0.5) is 0 Å². The molecule has 106 valence electrons. The van der Waals surface area contributed by atoms with Gasteiger partial charge in [-0.25, -0.2) is 4.98 Å². The van der Waals surface area contributed by atoms with Crippen LogP contribution in [0, 0.1) is 0 Å². The number of hydrogen-bond acceptors (Lipinski definition) is 4. The highest BCUT2D eigenvalue weighted by molar-refractivity contribution is 5.32. The monoisotopic (exact) mass is 272 g/mol. The predicted molar refractivity (Wildman–Crippen MR) is 79.0 cm³/mol. The summed E-state index contributed by atoms with van der Waals surface area (Å²) in [4.78, 5) is 4.11. The average molecular weight is 272 g/mol. The lowest BCUT2D eigenvalue weighted by molar-refractivity contribution is 0.296. The highest BCUT2D eigenvalue weighted by atomic mass is 16.5. The van der Waals surface area contributed by atoms with Crippen LogP contribution in [0.1, 0.15) is 12.0 Å². The third kappa shape index (κ3) is 4.55. The van der Waals surface area contributed by atoms with Crippen LogP contribution in [0.15, 0.2) is 48.7 Å². The molecule has 2 rings (SSSR count). The second-order valence-electron chi connectivity index (χ2n) is 4.36. The van der Waals surface area contributed by atoms with Gasteiger partial charge in [-0.05, 0) is 25.1 Å². The molecule has 1 aromatic carbocycles. The lowest BCUT2D eigenvalue weighted by Crippen LogP contribution is -2.17. The Bertz CT molecular complexity index is 503. The molecule has 1 N–H and O–H groups in total. The smallest absolute Gasteiger partial charge is 0.213 e. The summed E-state index contributed by atoms with van der Waals surface area (Å²) in [5, 5.41) is 3.38. The van der Waals surface area contributed by atoms with Crippen molar-refractivity contribution in [2.75, 3.05) is 20.3 Å². The molecule has 2 aromatic rings. The summed E-state index contributed by atoms with van der Waals surface area (Å²) < 4.78 is 10.8. The Balaban J connectivity index is 1.62. The zero-order valence-corrected chi connectivity index (χ0v) is 11.7. The minimum atomic E-state index is 0.663. The van der Waals surface area contributed by atoms with Crippen molar-refractivity contribution in [3.8, 4) is 11.6 Å². The number of rotatable bonds is 8. The van der Waals surface area contributed by atoms with E-state index in [0.717, 1.165) is 25.3 Å². The van der Waals surface area contributed by atoms with E-state index >= 15 is 0 Å². The molecule has 4 nitrogen and oxygen atoms in total. The van der Waals surface area contributed by atoms with Crippen molar-refractivity contribution in [3.05, 3.63) is 54.2 Å². The van der Waals surface area contributed by atoms with Crippen molar-refractivity contribution < 1.29 is 9.47 Å². The molecule has 0 amide bonds. The molecule has 0 fully saturated rings. The Morgan fingerprint density at radius 2 is 1.95 bits per heavy atom. The zero-order chi connectivity index (χ0) is 14.0. The Kier molecular flexibility index (Phi) is 5.86. The highest BCUT2D eigenvalue weighted by Crippen LogP contribution is 2.16. The van der Waals surface area contributed by atoms with E-state index in [1.165, 1.54) is 5.56 Å². The lowest BCUT2D eigenvalue weighted by Gasteiger charge is -2.09. The van der Waals surface area contributed by atoms with Gasteiger partial charge < -0.3 is 14.8 Å². The summed E-state index contributed by atoms with van der Waals surface area (Å²) in [7, 11) is 1.69. The van der Waals surface area contributed by atoms with Crippen molar-refractivity contribution in [3.63, 3.8) is 0 Å². The molecule has 1 aromatic heterocycles. The van der Waals surface area contributed by atoms with Gasteiger partial charge in [0, 0.05) is 24.4 Å². The average Bonchev–Trinajstić information content (AvgIpc) is 2.52. The fraction of sp³-hybridized carbons (Fsp3) is 0.312. The largest absolute Gasteiger partial charge is 0.496 e. The van der Waals surface area contributed by atoms with Crippen molar-refractivity contribution >= 4 is 0 Å². The number of aromatic nitrogens is 1. The Hall–Kier alpha value is -2.07. The van der Waals surface area contributed by atoms with Gasteiger partial charge in [-0.1, -0.05) is 24.3 Å². The minimum absolute atomic E-state index is 0.663. The number of methoxy groups -OCH3 is 1. The summed E-state index contributed by atoms with van der Waals surface area (Å²) in [6, 6.07) is 13.7. The van der Waals surface area contributed by atoms with Gasteiger partial charge in [-0.2, -0.15) is 0 Å². The van der Waals surface area contributed by atoms with Crippen LogP contribution in [-0.2, 0) is 6.54 Å². The van der Waals surface area contributed by atoms with Crippen LogP contribution in [0.3, 0.4) is 0 Å². The molecular formula is C16H20N2O2. The number of benzene rings is 1. The van der Waals surface area contributed by atoms with Crippen molar-refractivity contribution in [2.24, 2.45) is 0 Å². The third-order valence-electron chi connectivity index (χ3n) is 2.89. The first-order valence-corrected chi connectivity index (χ1v) is 6.76. The van der Waals surface area contributed by atoms with E-state index in [9.17, 15) is 0 Å². The van der Waals surface area contributed by atoms with Crippen LogP contribution >= 0.6 is 0 Å². The number of para-hydroxylation sites is 1. The summed E-state index contributed by atoms with van der Waals surface area (Å²) in [5.41, 5.74) is 1.17. The van der Waals surface area contributed by atoms with Crippen LogP contribution in [0.5, 0.6) is 11.6 Å². The molecular weight excluding hydrogens is 252 g/mol. The first-order chi connectivity index (χ1) is 9.90. The molecule has 0 aliphatic carbocycles. The van der Waals surface area contributed by atoms with Crippen LogP contribution in [0.2, 0.25) is 0 Å². The molecule has 0 radical (unpaired) electrons. The van der Waals surface area contributed by atoms with E-state index in [-0.39, 0.29) is 0 Å². The quantitative estimate of drug-likeness (QED) is 0.750. The second-order valence-corrected chi connectivity index (χ2v) is 4.36. The van der Waals surface area contributed by atoms with Gasteiger partial charge in [0.1, 0.15) is 5.75 Å². The third-order valence-corrected chi connectivity index (χ3v) is 2.89. The highest BCUT2D eigenvalue weighted by Gasteiger charge is 2.00. The maximum Gasteiger partial charge on any atom is 0.213 e. The number of hydrogen-bond donors (Lipinski definition) is 1. The summed E-state index contributed by atoms with van der Waals surface area (Å²) in [5.74, 6) is 1.60. The van der Waals surface area contributed by atoms with Crippen molar-refractivity contribution in [1.82, 2.24) is 10.3 Å². The van der Waals surface area contributed by atoms with E-state index in [0.29, 0.717) is 12.5 Å². The number of nitrogens with zero attached hydrogens (tertiary/aromatic N) is 1. The molecule has 0 spiro atoms. The fourth-order valence-electron chi connectivity index (χ4n) is 1.88. The van der Waals surface area contributed by atoms with Gasteiger partial charge in [0.15, 0.2) is 0 Å². The van der Waals surface area contributed by atoms with E-state index in [4.69, 9.17) is 9.47 Å². The maximum atomic E-state index is 5.53. The number of ether oxygens (including phenoxy) is 2. The van der Waals surface area contributed by atoms with Gasteiger partial charge >= 0.3 is 0 Å². The predicted octanol–water partition coefficient (Wildman–Crippen LogP) is 2.65. The van der Waals surface area contributed by atoms with E-state index in [2.05, 4.69) is 16.4 Å². The molecule has 1 heterocycles. The summed E-state index contributed by atoms with van der Waals surface area (Å²) in [6.45, 7) is 2.36. The number of pyridine rings is 1. The van der Waals surface area contributed by atoms with Crippen LogP contribution < -0.4 is 14.8 Å². The van der Waals surface area contributed by atoms with E-state index < -0.39 is 0 Å². The first kappa shape index (κ1) is 14.3. The van der Waals surface area contributed by atoms with E-state index in [1.54, 1.807) is 13.3 Å². The van der Waals surface area contributed by atoms with Crippen molar-refractivity contribution in [1.29, 1.82) is 0 Å². The second kappa shape index (κ2) is 8.17. The van der Waals surface area contributed by atoms with Crippen LogP contribution in [0.25, 0.3) is 0 Å². The Labute approximate surface area is 119 Å². The normalized spacial score (nSPS) is 10.2. The number of nitrogens with one attached hydrogen (secondary N) is 1. The summed E-state index contributed by atoms with van der Waals surface area (Å²) in [6.07, 6.45) is 2.67. The molecule has 0 unspecified atom stereocenters. The Morgan fingerprint density at radius 1 is 1.10 bits per heavy atom. The maximum absolute atomic E-state index is 5.53. The van der Waals surface area contributed by atoms with Gasteiger partial charge in [0.2, 0.25) is 5.88 Å². The van der Waals surface area contributed by atoms with Crippen molar-refractivity contribution in [2.45, 2.75) is 13.0 Å². The van der Waals surface area contributed by atoms with Gasteiger partial charge in [0.05, 0.1) is 13.7 Å². The fourth-order valence-corrected chi connectivity index (χ4v) is 1.88. The molecule has 0 saturated heterocycles.